The Labute approximate surface area is 97.6 Å². The Balaban J connectivity index is 1.60. The molecule has 1 aliphatic carbocycles. The lowest BCUT2D eigenvalue weighted by atomic mass is 9.92. The van der Waals surface area contributed by atoms with Gasteiger partial charge in [0.2, 0.25) is 0 Å². The summed E-state index contributed by atoms with van der Waals surface area (Å²) >= 11 is 0. The molecule has 0 unspecified atom stereocenters. The standard InChI is InChI=1S/C14H20O2/c1-2-8-15-13-9-14(10-13)16-11-12-6-4-3-5-7-12/h3-7,13-14H,2,8-11H2,1H3. The fraction of sp³-hybridized carbons (Fsp3) is 0.571. The smallest absolute Gasteiger partial charge is 0.0720 e. The molecule has 1 aliphatic rings. The van der Waals surface area contributed by atoms with Gasteiger partial charge < -0.3 is 9.47 Å². The summed E-state index contributed by atoms with van der Waals surface area (Å²) in [5.74, 6) is 0. The first-order valence-corrected chi connectivity index (χ1v) is 6.15. The van der Waals surface area contributed by atoms with Crippen LogP contribution in [0.3, 0.4) is 0 Å². The molecule has 16 heavy (non-hydrogen) atoms. The van der Waals surface area contributed by atoms with Crippen LogP contribution in [0.1, 0.15) is 31.7 Å². The number of hydrogen-bond acceptors (Lipinski definition) is 2. The van der Waals surface area contributed by atoms with Gasteiger partial charge in [-0.05, 0) is 24.8 Å². The van der Waals surface area contributed by atoms with Crippen molar-refractivity contribution in [3.8, 4) is 0 Å². The number of benzene rings is 1. The monoisotopic (exact) mass is 220 g/mol. The first-order valence-electron chi connectivity index (χ1n) is 6.15. The van der Waals surface area contributed by atoms with Crippen molar-refractivity contribution in [1.29, 1.82) is 0 Å². The molecule has 1 aromatic rings. The van der Waals surface area contributed by atoms with E-state index in [2.05, 4.69) is 19.1 Å². The van der Waals surface area contributed by atoms with Crippen LogP contribution < -0.4 is 0 Å². The van der Waals surface area contributed by atoms with Crippen LogP contribution in [-0.4, -0.2) is 18.8 Å². The van der Waals surface area contributed by atoms with Crippen molar-refractivity contribution in [3.05, 3.63) is 35.9 Å². The Bertz CT molecular complexity index is 291. The molecule has 0 N–H and O–H groups in total. The Morgan fingerprint density at radius 2 is 1.75 bits per heavy atom. The molecule has 0 bridgehead atoms. The van der Waals surface area contributed by atoms with Crippen molar-refractivity contribution in [1.82, 2.24) is 0 Å². The minimum atomic E-state index is 0.405. The Morgan fingerprint density at radius 1 is 1.06 bits per heavy atom. The third-order valence-electron chi connectivity index (χ3n) is 2.94. The summed E-state index contributed by atoms with van der Waals surface area (Å²) < 4.78 is 11.4. The first-order chi connectivity index (χ1) is 7.88. The quantitative estimate of drug-likeness (QED) is 0.733. The zero-order valence-electron chi connectivity index (χ0n) is 9.89. The highest BCUT2D eigenvalue weighted by atomic mass is 16.5. The second-order valence-electron chi connectivity index (χ2n) is 4.38. The molecule has 0 amide bonds. The van der Waals surface area contributed by atoms with Gasteiger partial charge in [-0.1, -0.05) is 37.3 Å². The molecule has 0 aromatic heterocycles. The maximum absolute atomic E-state index is 5.79. The zero-order chi connectivity index (χ0) is 11.2. The molecule has 2 rings (SSSR count). The predicted octanol–water partition coefficient (Wildman–Crippen LogP) is 3.16. The Kier molecular flexibility index (Phi) is 4.37. The molecule has 0 radical (unpaired) electrons. The average Bonchev–Trinajstić information content (AvgIpc) is 2.28. The summed E-state index contributed by atoms with van der Waals surface area (Å²) in [5.41, 5.74) is 1.25. The lowest BCUT2D eigenvalue weighted by Crippen LogP contribution is -2.37. The average molecular weight is 220 g/mol. The Morgan fingerprint density at radius 3 is 2.44 bits per heavy atom. The van der Waals surface area contributed by atoms with E-state index < -0.39 is 0 Å². The van der Waals surface area contributed by atoms with E-state index in [1.54, 1.807) is 0 Å². The molecule has 2 nitrogen and oxygen atoms in total. The van der Waals surface area contributed by atoms with Crippen molar-refractivity contribution in [2.24, 2.45) is 0 Å². The molecule has 0 spiro atoms. The van der Waals surface area contributed by atoms with Crippen LogP contribution in [0.15, 0.2) is 30.3 Å². The van der Waals surface area contributed by atoms with Gasteiger partial charge in [-0.2, -0.15) is 0 Å². The fourth-order valence-corrected chi connectivity index (χ4v) is 1.86. The van der Waals surface area contributed by atoms with Crippen LogP contribution in [0, 0.1) is 0 Å². The van der Waals surface area contributed by atoms with E-state index in [0.29, 0.717) is 12.2 Å². The van der Waals surface area contributed by atoms with Gasteiger partial charge in [0.15, 0.2) is 0 Å². The van der Waals surface area contributed by atoms with Crippen LogP contribution in [0.25, 0.3) is 0 Å². The van der Waals surface area contributed by atoms with Crippen LogP contribution in [0.2, 0.25) is 0 Å². The van der Waals surface area contributed by atoms with E-state index in [0.717, 1.165) is 32.5 Å². The van der Waals surface area contributed by atoms with Crippen LogP contribution in [-0.2, 0) is 16.1 Å². The maximum Gasteiger partial charge on any atom is 0.0720 e. The van der Waals surface area contributed by atoms with Gasteiger partial charge in [0.1, 0.15) is 0 Å². The largest absolute Gasteiger partial charge is 0.378 e. The summed E-state index contributed by atoms with van der Waals surface area (Å²) in [6, 6.07) is 10.3. The van der Waals surface area contributed by atoms with Gasteiger partial charge in [0, 0.05) is 6.61 Å². The molecule has 1 saturated carbocycles. The van der Waals surface area contributed by atoms with E-state index in [9.17, 15) is 0 Å². The molecule has 0 aliphatic heterocycles. The molecule has 2 heteroatoms. The normalized spacial score (nSPS) is 24.1. The van der Waals surface area contributed by atoms with Crippen molar-refractivity contribution >= 4 is 0 Å². The summed E-state index contributed by atoms with van der Waals surface area (Å²) in [6.45, 7) is 3.75. The lowest BCUT2D eigenvalue weighted by molar-refractivity contribution is -0.106. The molecular weight excluding hydrogens is 200 g/mol. The van der Waals surface area contributed by atoms with Gasteiger partial charge >= 0.3 is 0 Å². The first kappa shape index (κ1) is 11.6. The second-order valence-corrected chi connectivity index (χ2v) is 4.38. The van der Waals surface area contributed by atoms with Crippen molar-refractivity contribution in [3.63, 3.8) is 0 Å². The zero-order valence-corrected chi connectivity index (χ0v) is 9.89. The van der Waals surface area contributed by atoms with Gasteiger partial charge in [-0.3, -0.25) is 0 Å². The van der Waals surface area contributed by atoms with Gasteiger partial charge in [0.05, 0.1) is 18.8 Å². The number of rotatable bonds is 6. The number of ether oxygens (including phenoxy) is 2. The second kappa shape index (κ2) is 6.02. The van der Waals surface area contributed by atoms with Gasteiger partial charge in [-0.25, -0.2) is 0 Å². The molecule has 0 atom stereocenters. The molecule has 88 valence electrons. The summed E-state index contributed by atoms with van der Waals surface area (Å²) in [6.07, 6.45) is 4.08. The molecule has 0 heterocycles. The van der Waals surface area contributed by atoms with E-state index in [4.69, 9.17) is 9.47 Å². The highest BCUT2D eigenvalue weighted by Gasteiger charge is 2.30. The minimum absolute atomic E-state index is 0.405. The van der Waals surface area contributed by atoms with E-state index in [1.165, 1.54) is 5.56 Å². The maximum atomic E-state index is 5.79. The van der Waals surface area contributed by atoms with E-state index in [-0.39, 0.29) is 0 Å². The topological polar surface area (TPSA) is 18.5 Å². The number of hydrogen-bond donors (Lipinski definition) is 0. The highest BCUT2D eigenvalue weighted by Crippen LogP contribution is 2.27. The molecular formula is C14H20O2. The van der Waals surface area contributed by atoms with Crippen molar-refractivity contribution in [2.45, 2.75) is 45.0 Å². The predicted molar refractivity (Wildman–Crippen MR) is 64.3 cm³/mol. The summed E-state index contributed by atoms with van der Waals surface area (Å²) in [4.78, 5) is 0. The summed E-state index contributed by atoms with van der Waals surface area (Å²) in [5, 5.41) is 0. The lowest BCUT2D eigenvalue weighted by Gasteiger charge is -2.34. The molecule has 0 saturated heterocycles. The van der Waals surface area contributed by atoms with Crippen LogP contribution >= 0.6 is 0 Å². The van der Waals surface area contributed by atoms with Gasteiger partial charge in [0.25, 0.3) is 0 Å². The van der Waals surface area contributed by atoms with Crippen molar-refractivity contribution in [2.75, 3.05) is 6.61 Å². The summed E-state index contributed by atoms with van der Waals surface area (Å²) in [7, 11) is 0. The van der Waals surface area contributed by atoms with E-state index >= 15 is 0 Å². The fourth-order valence-electron chi connectivity index (χ4n) is 1.86. The molecule has 1 fully saturated rings. The van der Waals surface area contributed by atoms with Gasteiger partial charge in [-0.15, -0.1) is 0 Å². The van der Waals surface area contributed by atoms with Crippen LogP contribution in [0.5, 0.6) is 0 Å². The molecule has 1 aromatic carbocycles. The third kappa shape index (κ3) is 3.32. The minimum Gasteiger partial charge on any atom is -0.378 e. The van der Waals surface area contributed by atoms with Crippen LogP contribution in [0.4, 0.5) is 0 Å². The highest BCUT2D eigenvalue weighted by molar-refractivity contribution is 5.13. The van der Waals surface area contributed by atoms with E-state index in [1.807, 2.05) is 18.2 Å². The SMILES string of the molecule is CCCOC1CC(OCc2ccccc2)C1. The van der Waals surface area contributed by atoms with Crippen molar-refractivity contribution < 1.29 is 9.47 Å². The Hall–Kier alpha value is -0.860. The third-order valence-corrected chi connectivity index (χ3v) is 2.94.